The summed E-state index contributed by atoms with van der Waals surface area (Å²) >= 11 is 0. The molecule has 1 aliphatic carbocycles. The van der Waals surface area contributed by atoms with E-state index in [-0.39, 0.29) is 39.8 Å². The second kappa shape index (κ2) is 8.43. The number of amides is 1. The number of rotatable bonds is 5. The molecule has 3 fully saturated rings. The summed E-state index contributed by atoms with van der Waals surface area (Å²) < 4.78 is 37.2. The zero-order valence-corrected chi connectivity index (χ0v) is 19.8. The largest absolute Gasteiger partial charge is 0.452 e. The lowest BCUT2D eigenvalue weighted by Crippen LogP contribution is -2.40. The van der Waals surface area contributed by atoms with Gasteiger partial charge in [-0.1, -0.05) is 20.8 Å². The highest BCUT2D eigenvalue weighted by molar-refractivity contribution is 7.89. The second-order valence-electron chi connectivity index (χ2n) is 10.4. The highest BCUT2D eigenvalue weighted by atomic mass is 32.2. The van der Waals surface area contributed by atoms with Crippen LogP contribution < -0.4 is 0 Å². The van der Waals surface area contributed by atoms with E-state index >= 15 is 0 Å². The first-order chi connectivity index (χ1) is 15.0. The van der Waals surface area contributed by atoms with Gasteiger partial charge in [0.1, 0.15) is 0 Å². The first-order valence-corrected chi connectivity index (χ1v) is 12.6. The summed E-state index contributed by atoms with van der Waals surface area (Å²) in [7, 11) is -3.62. The van der Waals surface area contributed by atoms with E-state index < -0.39 is 16.0 Å². The summed E-state index contributed by atoms with van der Waals surface area (Å²) in [5.74, 6) is -0.807. The number of benzene rings is 1. The fourth-order valence-electron chi connectivity index (χ4n) is 5.74. The van der Waals surface area contributed by atoms with Gasteiger partial charge >= 0.3 is 5.97 Å². The molecule has 176 valence electrons. The molecule has 9 heteroatoms. The lowest BCUT2D eigenvalue weighted by molar-refractivity contribution is -0.135. The molecular formula is C23H32N2O6S. The number of hydrogen-bond acceptors (Lipinski definition) is 6. The number of ether oxygens (including phenoxy) is 2. The topological polar surface area (TPSA) is 93.2 Å². The number of nitrogens with zero attached hydrogens (tertiary/aromatic N) is 2. The van der Waals surface area contributed by atoms with Crippen molar-refractivity contribution in [1.29, 1.82) is 0 Å². The van der Waals surface area contributed by atoms with Gasteiger partial charge in [-0.25, -0.2) is 13.2 Å². The van der Waals surface area contributed by atoms with Crippen LogP contribution in [0.2, 0.25) is 0 Å². The maximum atomic E-state index is 12.8. The molecule has 0 N–H and O–H groups in total. The minimum Gasteiger partial charge on any atom is -0.452 e. The molecule has 2 saturated heterocycles. The van der Waals surface area contributed by atoms with Gasteiger partial charge in [0.15, 0.2) is 6.61 Å². The summed E-state index contributed by atoms with van der Waals surface area (Å²) in [5.41, 5.74) is 0.535. The van der Waals surface area contributed by atoms with Crippen molar-refractivity contribution in [3.05, 3.63) is 29.8 Å². The van der Waals surface area contributed by atoms with Gasteiger partial charge in [0.2, 0.25) is 10.0 Å². The predicted molar refractivity (Wildman–Crippen MR) is 118 cm³/mol. The zero-order chi connectivity index (χ0) is 23.1. The Bertz CT molecular complexity index is 984. The van der Waals surface area contributed by atoms with E-state index in [1.54, 1.807) is 0 Å². The number of morpholine rings is 1. The Labute approximate surface area is 189 Å². The third-order valence-corrected chi connectivity index (χ3v) is 8.67. The smallest absolute Gasteiger partial charge is 0.338 e. The van der Waals surface area contributed by atoms with Crippen molar-refractivity contribution in [1.82, 2.24) is 9.21 Å². The highest BCUT2D eigenvalue weighted by Crippen LogP contribution is 2.52. The molecular weight excluding hydrogens is 432 g/mol. The van der Waals surface area contributed by atoms with Crippen molar-refractivity contribution in [2.45, 2.75) is 51.0 Å². The third kappa shape index (κ3) is 4.70. The number of carbonyl (C=O) groups is 2. The van der Waals surface area contributed by atoms with Gasteiger partial charge in [0, 0.05) is 25.7 Å². The van der Waals surface area contributed by atoms with E-state index in [2.05, 4.69) is 20.8 Å². The molecule has 2 aliphatic heterocycles. The Kier molecular flexibility index (Phi) is 6.11. The van der Waals surface area contributed by atoms with Crippen LogP contribution in [0.1, 0.15) is 50.4 Å². The second-order valence-corrected chi connectivity index (χ2v) is 12.3. The molecule has 4 rings (SSSR count). The SMILES string of the molecule is CC1(C)C[C@@H]2C[C@](C)(CN2C(=O)COC(=O)c2ccc(S(=O)(=O)N3CCOCC3)cc2)C1. The molecule has 2 atom stereocenters. The fourth-order valence-corrected chi connectivity index (χ4v) is 7.15. The summed E-state index contributed by atoms with van der Waals surface area (Å²) in [6.45, 7) is 8.46. The Morgan fingerprint density at radius 2 is 1.75 bits per heavy atom. The van der Waals surface area contributed by atoms with E-state index in [0.717, 1.165) is 19.3 Å². The third-order valence-electron chi connectivity index (χ3n) is 6.76. The van der Waals surface area contributed by atoms with Gasteiger partial charge in [0.25, 0.3) is 5.91 Å². The number of sulfonamides is 1. The van der Waals surface area contributed by atoms with Crippen LogP contribution in [0.25, 0.3) is 0 Å². The summed E-state index contributed by atoms with van der Waals surface area (Å²) in [6.07, 6.45) is 3.04. The number of esters is 1. The fraction of sp³-hybridized carbons (Fsp3) is 0.652. The van der Waals surface area contributed by atoms with Gasteiger partial charge in [-0.15, -0.1) is 0 Å². The molecule has 1 saturated carbocycles. The van der Waals surface area contributed by atoms with Crippen molar-refractivity contribution >= 4 is 21.9 Å². The van der Waals surface area contributed by atoms with Crippen molar-refractivity contribution < 1.29 is 27.5 Å². The predicted octanol–water partition coefficient (Wildman–Crippen LogP) is 2.29. The van der Waals surface area contributed by atoms with E-state index in [0.29, 0.717) is 32.8 Å². The van der Waals surface area contributed by atoms with E-state index in [9.17, 15) is 18.0 Å². The molecule has 32 heavy (non-hydrogen) atoms. The average Bonchev–Trinajstić information content (AvgIpc) is 3.01. The Morgan fingerprint density at radius 3 is 2.41 bits per heavy atom. The van der Waals surface area contributed by atoms with E-state index in [1.165, 1.54) is 28.6 Å². The van der Waals surface area contributed by atoms with Crippen LogP contribution in [0.3, 0.4) is 0 Å². The molecule has 0 unspecified atom stereocenters. The normalized spacial score (nSPS) is 27.8. The van der Waals surface area contributed by atoms with Crippen LogP contribution in [-0.4, -0.2) is 75.0 Å². The van der Waals surface area contributed by atoms with Gasteiger partial charge in [0.05, 0.1) is 23.7 Å². The number of carbonyl (C=O) groups excluding carboxylic acids is 2. The van der Waals surface area contributed by atoms with Gasteiger partial charge in [-0.2, -0.15) is 4.31 Å². The minimum absolute atomic E-state index is 0.118. The van der Waals surface area contributed by atoms with Gasteiger partial charge < -0.3 is 14.4 Å². The van der Waals surface area contributed by atoms with Crippen molar-refractivity contribution in [3.8, 4) is 0 Å². The summed E-state index contributed by atoms with van der Waals surface area (Å²) in [5, 5.41) is 0. The Balaban J connectivity index is 1.35. The van der Waals surface area contributed by atoms with Crippen LogP contribution in [0, 0.1) is 10.8 Å². The Morgan fingerprint density at radius 1 is 1.09 bits per heavy atom. The number of fused-ring (bicyclic) bond motifs is 2. The molecule has 1 aromatic rings. The lowest BCUT2D eigenvalue weighted by Gasteiger charge is -2.39. The Hall–Kier alpha value is -1.97. The molecule has 0 aromatic heterocycles. The first-order valence-electron chi connectivity index (χ1n) is 11.1. The first kappa shape index (κ1) is 23.2. The van der Waals surface area contributed by atoms with Crippen LogP contribution in [0.15, 0.2) is 29.2 Å². The van der Waals surface area contributed by atoms with E-state index in [1.807, 2.05) is 4.90 Å². The molecule has 0 radical (unpaired) electrons. The lowest BCUT2D eigenvalue weighted by atomic mass is 9.65. The highest BCUT2D eigenvalue weighted by Gasteiger charge is 2.50. The number of likely N-dealkylation sites (tertiary alicyclic amines) is 1. The summed E-state index contributed by atoms with van der Waals surface area (Å²) in [4.78, 5) is 27.2. The van der Waals surface area contributed by atoms with Crippen molar-refractivity contribution in [3.63, 3.8) is 0 Å². The average molecular weight is 465 g/mol. The van der Waals surface area contributed by atoms with Gasteiger partial charge in [-0.05, 0) is 54.4 Å². The molecule has 3 aliphatic rings. The maximum Gasteiger partial charge on any atom is 0.338 e. The van der Waals surface area contributed by atoms with Crippen LogP contribution >= 0.6 is 0 Å². The van der Waals surface area contributed by atoms with Crippen LogP contribution in [0.4, 0.5) is 0 Å². The molecule has 8 nitrogen and oxygen atoms in total. The molecule has 1 amide bonds. The quantitative estimate of drug-likeness (QED) is 0.621. The maximum absolute atomic E-state index is 12.8. The zero-order valence-electron chi connectivity index (χ0n) is 19.0. The van der Waals surface area contributed by atoms with Crippen molar-refractivity contribution in [2.24, 2.45) is 10.8 Å². The molecule has 1 aromatic carbocycles. The molecule has 0 spiro atoms. The standard InChI is InChI=1S/C23H32N2O6S/c1-22(2)12-18-13-23(3,15-22)16-25(18)20(26)14-31-21(27)17-4-6-19(7-5-17)32(28,29)24-8-10-30-11-9-24/h4-7,18H,8-16H2,1-3H3/t18-,23+/m1/s1. The van der Waals surface area contributed by atoms with E-state index in [4.69, 9.17) is 9.47 Å². The van der Waals surface area contributed by atoms with Gasteiger partial charge in [-0.3, -0.25) is 4.79 Å². The van der Waals surface area contributed by atoms with Crippen LogP contribution in [-0.2, 0) is 24.3 Å². The van der Waals surface area contributed by atoms with Crippen LogP contribution in [0.5, 0.6) is 0 Å². The monoisotopic (exact) mass is 464 g/mol. The van der Waals surface area contributed by atoms with Crippen molar-refractivity contribution in [2.75, 3.05) is 39.5 Å². The summed E-state index contributed by atoms with van der Waals surface area (Å²) in [6, 6.07) is 5.84. The molecule has 2 heterocycles. The molecule has 2 bridgehead atoms. The number of hydrogen-bond donors (Lipinski definition) is 0. The minimum atomic E-state index is -3.62.